The van der Waals surface area contributed by atoms with Crippen LogP contribution in [0.3, 0.4) is 0 Å². The molecule has 2 heterocycles. The lowest BCUT2D eigenvalue weighted by atomic mass is 9.95. The fourth-order valence-corrected chi connectivity index (χ4v) is 3.81. The molecule has 1 N–H and O–H groups in total. The number of nitrogens with zero attached hydrogens (tertiary/aromatic N) is 2. The van der Waals surface area contributed by atoms with Gasteiger partial charge in [-0.05, 0) is 23.6 Å². The van der Waals surface area contributed by atoms with Crippen molar-refractivity contribution in [2.24, 2.45) is 0 Å². The molecule has 1 aliphatic rings. The standard InChI is InChI=1S/C20H19ClN2O3/c1-25-16-7-8-17(26-2)19-14(16)10-23(11-15(19)24)18-9-12-5-3-4-6-13(12)20(21)22-18/h3-9,15,24H,10-11H2,1-2H3/t15-/m1/s1. The van der Waals surface area contributed by atoms with Crippen LogP contribution in [-0.2, 0) is 6.54 Å². The van der Waals surface area contributed by atoms with Crippen molar-refractivity contribution in [2.75, 3.05) is 25.7 Å². The summed E-state index contributed by atoms with van der Waals surface area (Å²) in [6.45, 7) is 0.951. The van der Waals surface area contributed by atoms with Crippen molar-refractivity contribution in [3.05, 3.63) is 58.7 Å². The van der Waals surface area contributed by atoms with E-state index in [0.717, 1.165) is 33.5 Å². The first-order valence-corrected chi connectivity index (χ1v) is 8.72. The SMILES string of the molecule is COc1ccc(OC)c2c1CN(c1cc3ccccc3c(Cl)n1)C[C@H]2O. The van der Waals surface area contributed by atoms with Crippen molar-refractivity contribution in [2.45, 2.75) is 12.6 Å². The number of aromatic nitrogens is 1. The molecule has 0 radical (unpaired) electrons. The van der Waals surface area contributed by atoms with Crippen LogP contribution in [0.5, 0.6) is 11.5 Å². The Morgan fingerprint density at radius 2 is 1.85 bits per heavy atom. The first-order chi connectivity index (χ1) is 12.6. The van der Waals surface area contributed by atoms with E-state index in [2.05, 4.69) is 4.98 Å². The third kappa shape index (κ3) is 2.73. The number of halogens is 1. The Bertz CT molecular complexity index is 977. The molecule has 26 heavy (non-hydrogen) atoms. The number of β-amino-alcohol motifs (C(OH)–C–C–N with tert-alkyl or cyclic N) is 1. The predicted molar refractivity (Wildman–Crippen MR) is 102 cm³/mol. The van der Waals surface area contributed by atoms with E-state index in [0.29, 0.717) is 24.0 Å². The molecule has 1 aromatic heterocycles. The lowest BCUT2D eigenvalue weighted by molar-refractivity contribution is 0.169. The van der Waals surface area contributed by atoms with E-state index in [1.165, 1.54) is 0 Å². The number of pyridine rings is 1. The normalized spacial score (nSPS) is 16.5. The maximum absolute atomic E-state index is 10.8. The number of anilines is 1. The van der Waals surface area contributed by atoms with Crippen molar-refractivity contribution >= 4 is 28.2 Å². The molecule has 1 atom stereocenters. The molecule has 0 aliphatic carbocycles. The van der Waals surface area contributed by atoms with E-state index >= 15 is 0 Å². The van der Waals surface area contributed by atoms with Gasteiger partial charge in [-0.25, -0.2) is 4.98 Å². The molecular formula is C20H19ClN2O3. The van der Waals surface area contributed by atoms with Gasteiger partial charge in [0.15, 0.2) is 0 Å². The summed E-state index contributed by atoms with van der Waals surface area (Å²) in [6.07, 6.45) is -0.712. The summed E-state index contributed by atoms with van der Waals surface area (Å²) < 4.78 is 10.9. The highest BCUT2D eigenvalue weighted by atomic mass is 35.5. The van der Waals surface area contributed by atoms with Crippen molar-refractivity contribution < 1.29 is 14.6 Å². The number of benzene rings is 2. The van der Waals surface area contributed by atoms with E-state index < -0.39 is 6.10 Å². The minimum absolute atomic E-state index is 0.401. The van der Waals surface area contributed by atoms with Gasteiger partial charge in [0.2, 0.25) is 0 Å². The fraction of sp³-hybridized carbons (Fsp3) is 0.250. The lowest BCUT2D eigenvalue weighted by Crippen LogP contribution is -2.34. The third-order valence-corrected chi connectivity index (χ3v) is 5.08. The number of aliphatic hydroxyl groups is 1. The van der Waals surface area contributed by atoms with E-state index in [1.54, 1.807) is 14.2 Å². The number of hydrogen-bond donors (Lipinski definition) is 1. The van der Waals surface area contributed by atoms with Crippen molar-refractivity contribution in [3.63, 3.8) is 0 Å². The van der Waals surface area contributed by atoms with Gasteiger partial charge in [-0.2, -0.15) is 0 Å². The topological polar surface area (TPSA) is 54.8 Å². The van der Waals surface area contributed by atoms with Gasteiger partial charge in [-0.15, -0.1) is 0 Å². The second-order valence-corrected chi connectivity index (χ2v) is 6.61. The van der Waals surface area contributed by atoms with E-state index in [9.17, 15) is 5.11 Å². The molecule has 0 spiro atoms. The molecule has 0 saturated heterocycles. The fourth-order valence-electron chi connectivity index (χ4n) is 3.56. The van der Waals surface area contributed by atoms with Gasteiger partial charge in [-0.1, -0.05) is 35.9 Å². The molecule has 4 rings (SSSR count). The van der Waals surface area contributed by atoms with Crippen LogP contribution in [-0.4, -0.2) is 30.9 Å². The van der Waals surface area contributed by atoms with Gasteiger partial charge in [0.05, 0.1) is 20.8 Å². The van der Waals surface area contributed by atoms with Gasteiger partial charge in [0, 0.05) is 23.1 Å². The minimum atomic E-state index is -0.712. The summed E-state index contributed by atoms with van der Waals surface area (Å²) in [7, 11) is 3.23. The Morgan fingerprint density at radius 3 is 2.62 bits per heavy atom. The Kier molecular flexibility index (Phi) is 4.34. The zero-order chi connectivity index (χ0) is 18.3. The van der Waals surface area contributed by atoms with E-state index in [4.69, 9.17) is 21.1 Å². The summed E-state index contributed by atoms with van der Waals surface area (Å²) >= 11 is 6.38. The molecule has 2 aromatic carbocycles. The van der Waals surface area contributed by atoms with Crippen LogP contribution in [0, 0.1) is 0 Å². The van der Waals surface area contributed by atoms with Crippen LogP contribution in [0.25, 0.3) is 10.8 Å². The summed E-state index contributed by atoms with van der Waals surface area (Å²) in [5.41, 5.74) is 1.67. The van der Waals surface area contributed by atoms with Crippen LogP contribution in [0.1, 0.15) is 17.2 Å². The number of methoxy groups -OCH3 is 2. The smallest absolute Gasteiger partial charge is 0.139 e. The van der Waals surface area contributed by atoms with Gasteiger partial charge in [0.25, 0.3) is 0 Å². The quantitative estimate of drug-likeness (QED) is 0.707. The number of fused-ring (bicyclic) bond motifs is 2. The average molecular weight is 371 g/mol. The lowest BCUT2D eigenvalue weighted by Gasteiger charge is -2.34. The monoisotopic (exact) mass is 370 g/mol. The van der Waals surface area contributed by atoms with Crippen LogP contribution in [0.2, 0.25) is 5.15 Å². The maximum atomic E-state index is 10.8. The summed E-state index contributed by atoms with van der Waals surface area (Å²) in [4.78, 5) is 6.55. The van der Waals surface area contributed by atoms with E-state index in [1.807, 2.05) is 47.4 Å². The Balaban J connectivity index is 1.80. The van der Waals surface area contributed by atoms with Gasteiger partial charge in [0.1, 0.15) is 28.6 Å². The first kappa shape index (κ1) is 16.9. The Morgan fingerprint density at radius 1 is 1.12 bits per heavy atom. The highest BCUT2D eigenvalue weighted by Crippen LogP contribution is 2.41. The predicted octanol–water partition coefficient (Wildman–Crippen LogP) is 3.96. The van der Waals surface area contributed by atoms with Crippen LogP contribution in [0.15, 0.2) is 42.5 Å². The summed E-state index contributed by atoms with van der Waals surface area (Å²) in [5, 5.41) is 13.2. The second kappa shape index (κ2) is 6.67. The van der Waals surface area contributed by atoms with Crippen LogP contribution in [0.4, 0.5) is 5.82 Å². The molecule has 134 valence electrons. The highest BCUT2D eigenvalue weighted by molar-refractivity contribution is 6.34. The molecule has 0 fully saturated rings. The molecule has 0 saturated carbocycles. The molecule has 0 bridgehead atoms. The molecule has 5 nitrogen and oxygen atoms in total. The number of rotatable bonds is 3. The molecular weight excluding hydrogens is 352 g/mol. The van der Waals surface area contributed by atoms with Crippen molar-refractivity contribution in [1.29, 1.82) is 0 Å². The zero-order valence-corrected chi connectivity index (χ0v) is 15.3. The minimum Gasteiger partial charge on any atom is -0.496 e. The summed E-state index contributed by atoms with van der Waals surface area (Å²) in [6, 6.07) is 13.5. The number of aliphatic hydroxyl groups excluding tert-OH is 1. The highest BCUT2D eigenvalue weighted by Gasteiger charge is 2.30. The third-order valence-electron chi connectivity index (χ3n) is 4.79. The van der Waals surface area contributed by atoms with Crippen molar-refractivity contribution in [1.82, 2.24) is 4.98 Å². The Labute approximate surface area is 156 Å². The maximum Gasteiger partial charge on any atom is 0.139 e. The number of ether oxygens (including phenoxy) is 2. The van der Waals surface area contributed by atoms with Crippen LogP contribution < -0.4 is 14.4 Å². The summed E-state index contributed by atoms with van der Waals surface area (Å²) in [5.74, 6) is 2.11. The van der Waals surface area contributed by atoms with Crippen LogP contribution >= 0.6 is 11.6 Å². The van der Waals surface area contributed by atoms with E-state index in [-0.39, 0.29) is 0 Å². The number of hydrogen-bond acceptors (Lipinski definition) is 5. The molecule has 6 heteroatoms. The zero-order valence-electron chi connectivity index (χ0n) is 14.6. The average Bonchev–Trinajstić information content (AvgIpc) is 2.67. The molecule has 0 unspecified atom stereocenters. The molecule has 3 aromatic rings. The van der Waals surface area contributed by atoms with Gasteiger partial charge < -0.3 is 19.5 Å². The second-order valence-electron chi connectivity index (χ2n) is 6.25. The first-order valence-electron chi connectivity index (χ1n) is 8.34. The largest absolute Gasteiger partial charge is 0.496 e. The van der Waals surface area contributed by atoms with Gasteiger partial charge >= 0.3 is 0 Å². The Hall–Kier alpha value is -2.50. The van der Waals surface area contributed by atoms with Crippen molar-refractivity contribution in [3.8, 4) is 11.5 Å². The molecule has 0 amide bonds. The molecule has 1 aliphatic heterocycles. The van der Waals surface area contributed by atoms with Gasteiger partial charge in [-0.3, -0.25) is 0 Å².